The third-order valence-electron chi connectivity index (χ3n) is 1.79. The van der Waals surface area contributed by atoms with Crippen molar-refractivity contribution in [3.63, 3.8) is 0 Å². The Labute approximate surface area is 99.8 Å². The first-order valence-corrected chi connectivity index (χ1v) is 5.44. The Bertz CT molecular complexity index is 348. The normalized spacial score (nSPS) is 12.3. The molecule has 0 fully saturated rings. The lowest BCUT2D eigenvalue weighted by Gasteiger charge is -2.07. The van der Waals surface area contributed by atoms with E-state index in [1.165, 1.54) is 19.2 Å². The smallest absolute Gasteiger partial charge is 0.318 e. The average Bonchev–Trinajstić information content (AvgIpc) is 2.14. The molecule has 0 aliphatic carbocycles. The van der Waals surface area contributed by atoms with Crippen molar-refractivity contribution in [2.24, 2.45) is 0 Å². The predicted octanol–water partition coefficient (Wildman–Crippen LogP) is 2.48. The summed E-state index contributed by atoms with van der Waals surface area (Å²) in [5.74, 6) is -1.68. The number of carbonyl (C=O) groups excluding carboxylic acids is 1. The van der Waals surface area contributed by atoms with E-state index in [-0.39, 0.29) is 6.42 Å². The van der Waals surface area contributed by atoms with Gasteiger partial charge in [-0.25, -0.2) is 8.78 Å². The first kappa shape index (κ1) is 12.4. The third-order valence-corrected chi connectivity index (χ3v) is 2.74. The number of carbonyl (C=O) groups is 1. The van der Waals surface area contributed by atoms with Crippen LogP contribution in [0.15, 0.2) is 18.2 Å². The van der Waals surface area contributed by atoms with Gasteiger partial charge in [0.2, 0.25) is 0 Å². The minimum Gasteiger partial charge on any atom is -0.468 e. The second-order valence-electron chi connectivity index (χ2n) is 2.97. The van der Waals surface area contributed by atoms with Crippen molar-refractivity contribution in [2.45, 2.75) is 10.3 Å². The van der Waals surface area contributed by atoms with Crippen LogP contribution < -0.4 is 0 Å². The molecule has 0 aliphatic heterocycles. The van der Waals surface area contributed by atoms with Crippen LogP contribution in [0.1, 0.15) is 5.56 Å². The molecular formula is C10H9F2IO2. The van der Waals surface area contributed by atoms with Crippen LogP contribution in [0.5, 0.6) is 0 Å². The van der Waals surface area contributed by atoms with Crippen molar-refractivity contribution in [1.29, 1.82) is 0 Å². The highest BCUT2D eigenvalue weighted by molar-refractivity contribution is 14.1. The number of rotatable bonds is 3. The van der Waals surface area contributed by atoms with E-state index in [4.69, 9.17) is 0 Å². The number of hydrogen-bond acceptors (Lipinski definition) is 2. The maximum absolute atomic E-state index is 12.8. The molecule has 0 N–H and O–H groups in total. The number of alkyl halides is 1. The Balaban J connectivity index is 2.76. The molecule has 0 saturated carbocycles. The largest absolute Gasteiger partial charge is 0.468 e. The van der Waals surface area contributed by atoms with Gasteiger partial charge in [0.25, 0.3) is 0 Å². The molecule has 1 aromatic carbocycles. The van der Waals surface area contributed by atoms with E-state index < -0.39 is 21.5 Å². The van der Waals surface area contributed by atoms with Crippen molar-refractivity contribution in [2.75, 3.05) is 7.11 Å². The van der Waals surface area contributed by atoms with Crippen LogP contribution >= 0.6 is 22.6 Å². The maximum Gasteiger partial charge on any atom is 0.318 e. The van der Waals surface area contributed by atoms with Crippen molar-refractivity contribution in [3.05, 3.63) is 35.4 Å². The molecule has 0 unspecified atom stereocenters. The molecule has 0 aromatic heterocycles. The molecule has 82 valence electrons. The van der Waals surface area contributed by atoms with Gasteiger partial charge in [-0.05, 0) is 24.1 Å². The van der Waals surface area contributed by atoms with Gasteiger partial charge in [-0.15, -0.1) is 0 Å². The summed E-state index contributed by atoms with van der Waals surface area (Å²) < 4.78 is 29.7. The van der Waals surface area contributed by atoms with Gasteiger partial charge < -0.3 is 4.74 Å². The summed E-state index contributed by atoms with van der Waals surface area (Å²) in [7, 11) is 1.28. The second-order valence-corrected chi connectivity index (χ2v) is 4.48. The van der Waals surface area contributed by atoms with Crippen molar-refractivity contribution < 1.29 is 18.3 Å². The zero-order valence-electron chi connectivity index (χ0n) is 7.97. The molecule has 0 saturated heterocycles. The fourth-order valence-electron chi connectivity index (χ4n) is 1.15. The summed E-state index contributed by atoms with van der Waals surface area (Å²) in [5.41, 5.74) is 0.442. The summed E-state index contributed by atoms with van der Waals surface area (Å²) in [4.78, 5) is 11.1. The number of methoxy groups -OCH3 is 1. The summed E-state index contributed by atoms with van der Waals surface area (Å²) in [6.07, 6.45) is 0.252. The molecule has 0 bridgehead atoms. The lowest BCUT2D eigenvalue weighted by Crippen LogP contribution is -2.18. The first-order chi connectivity index (χ1) is 7.02. The Hall–Kier alpha value is -0.720. The minimum atomic E-state index is -0.640. The number of halogens is 3. The van der Waals surface area contributed by atoms with Gasteiger partial charge in [-0.2, -0.15) is 0 Å². The van der Waals surface area contributed by atoms with E-state index in [9.17, 15) is 13.6 Å². The lowest BCUT2D eigenvalue weighted by molar-refractivity contribution is -0.139. The Morgan fingerprint density at radius 1 is 1.40 bits per heavy atom. The highest BCUT2D eigenvalue weighted by Crippen LogP contribution is 2.14. The molecule has 0 aliphatic rings. The van der Waals surface area contributed by atoms with Gasteiger partial charge in [0.05, 0.1) is 7.11 Å². The van der Waals surface area contributed by atoms with Gasteiger partial charge in [0, 0.05) is 6.07 Å². The van der Waals surface area contributed by atoms with Crippen molar-refractivity contribution >= 4 is 28.6 Å². The molecule has 2 nitrogen and oxygen atoms in total. The quantitative estimate of drug-likeness (QED) is 0.485. The molecule has 0 heterocycles. The molecule has 1 atom stereocenters. The van der Waals surface area contributed by atoms with Crippen LogP contribution in [0.3, 0.4) is 0 Å². The highest BCUT2D eigenvalue weighted by atomic mass is 127. The topological polar surface area (TPSA) is 26.3 Å². The zero-order chi connectivity index (χ0) is 11.4. The van der Waals surface area contributed by atoms with Crippen LogP contribution in [-0.2, 0) is 16.0 Å². The fraction of sp³-hybridized carbons (Fsp3) is 0.300. The van der Waals surface area contributed by atoms with Crippen LogP contribution in [0.25, 0.3) is 0 Å². The summed E-state index contributed by atoms with van der Waals surface area (Å²) in [5, 5.41) is 0. The van der Waals surface area contributed by atoms with Crippen LogP contribution in [0.4, 0.5) is 8.78 Å². The summed E-state index contributed by atoms with van der Waals surface area (Å²) in [6.45, 7) is 0. The van der Waals surface area contributed by atoms with Crippen molar-refractivity contribution in [3.8, 4) is 0 Å². The standard InChI is InChI=1S/C10H9F2IO2/c1-15-10(14)9(13)4-6-2-7(11)5-8(12)3-6/h2-3,5,9H,4H2,1H3/t9-/m0/s1. The molecule has 0 amide bonds. The highest BCUT2D eigenvalue weighted by Gasteiger charge is 2.16. The lowest BCUT2D eigenvalue weighted by atomic mass is 10.1. The zero-order valence-corrected chi connectivity index (χ0v) is 10.1. The van der Waals surface area contributed by atoms with Gasteiger partial charge in [-0.3, -0.25) is 4.79 Å². The molecule has 0 spiro atoms. The van der Waals surface area contributed by atoms with E-state index in [0.717, 1.165) is 6.07 Å². The Morgan fingerprint density at radius 2 is 1.93 bits per heavy atom. The number of hydrogen-bond donors (Lipinski definition) is 0. The summed E-state index contributed by atoms with van der Waals surface area (Å²) in [6, 6.07) is 3.21. The minimum absolute atomic E-state index is 0.252. The molecular weight excluding hydrogens is 317 g/mol. The maximum atomic E-state index is 12.8. The average molecular weight is 326 g/mol. The third kappa shape index (κ3) is 3.73. The van der Waals surface area contributed by atoms with Crippen LogP contribution in [0, 0.1) is 11.6 Å². The van der Waals surface area contributed by atoms with Crippen LogP contribution in [-0.4, -0.2) is 17.0 Å². The molecule has 15 heavy (non-hydrogen) atoms. The first-order valence-electron chi connectivity index (χ1n) is 4.20. The van der Waals surface area contributed by atoms with Crippen molar-refractivity contribution in [1.82, 2.24) is 0 Å². The number of esters is 1. The molecule has 1 aromatic rings. The SMILES string of the molecule is COC(=O)[C@@H](I)Cc1cc(F)cc(F)c1. The molecule has 1 rings (SSSR count). The van der Waals surface area contributed by atoms with E-state index in [0.29, 0.717) is 5.56 Å². The summed E-state index contributed by atoms with van der Waals surface area (Å²) >= 11 is 1.88. The second kappa shape index (κ2) is 5.39. The fourth-order valence-corrected chi connectivity index (χ4v) is 1.91. The number of ether oxygens (including phenoxy) is 1. The predicted molar refractivity (Wildman–Crippen MR) is 59.9 cm³/mol. The monoisotopic (exact) mass is 326 g/mol. The molecule has 0 radical (unpaired) electrons. The van der Waals surface area contributed by atoms with Gasteiger partial charge >= 0.3 is 5.97 Å². The molecule has 5 heteroatoms. The Kier molecular flexibility index (Phi) is 4.44. The van der Waals surface area contributed by atoms with E-state index >= 15 is 0 Å². The van der Waals surface area contributed by atoms with E-state index in [2.05, 4.69) is 4.74 Å². The van der Waals surface area contributed by atoms with Gasteiger partial charge in [0.15, 0.2) is 0 Å². The van der Waals surface area contributed by atoms with E-state index in [1.807, 2.05) is 22.6 Å². The number of benzene rings is 1. The van der Waals surface area contributed by atoms with Crippen LogP contribution in [0.2, 0.25) is 0 Å². The van der Waals surface area contributed by atoms with E-state index in [1.54, 1.807) is 0 Å². The Morgan fingerprint density at radius 3 is 2.40 bits per heavy atom. The van der Waals surface area contributed by atoms with Gasteiger partial charge in [0.1, 0.15) is 15.6 Å². The van der Waals surface area contributed by atoms with Gasteiger partial charge in [-0.1, -0.05) is 22.6 Å².